The van der Waals surface area contributed by atoms with Gasteiger partial charge in [-0.05, 0) is 48.6 Å². The second-order valence-corrected chi connectivity index (χ2v) is 7.66. The molecule has 0 bridgehead atoms. The van der Waals surface area contributed by atoms with Gasteiger partial charge in [-0.2, -0.15) is 0 Å². The van der Waals surface area contributed by atoms with Crippen molar-refractivity contribution in [3.05, 3.63) is 71.8 Å². The fourth-order valence-corrected chi connectivity index (χ4v) is 3.32. The Kier molecular flexibility index (Phi) is 6.62. The van der Waals surface area contributed by atoms with E-state index in [2.05, 4.69) is 20.7 Å². The molecule has 0 aliphatic rings. The summed E-state index contributed by atoms with van der Waals surface area (Å²) in [6.07, 6.45) is 1.23. The Morgan fingerprint density at radius 1 is 1.19 bits per heavy atom. The van der Waals surface area contributed by atoms with E-state index in [1.165, 1.54) is 25.3 Å². The van der Waals surface area contributed by atoms with Gasteiger partial charge in [-0.15, -0.1) is 5.10 Å². The molecule has 1 heterocycles. The zero-order valence-electron chi connectivity index (χ0n) is 17.2. The Balaban J connectivity index is 1.83. The molecule has 0 aliphatic heterocycles. The number of nitrogens with one attached hydrogen (secondary N) is 2. The van der Waals surface area contributed by atoms with Crippen molar-refractivity contribution in [1.82, 2.24) is 20.7 Å². The van der Waals surface area contributed by atoms with Crippen LogP contribution in [0, 0.1) is 11.2 Å². The van der Waals surface area contributed by atoms with Crippen molar-refractivity contribution in [2.75, 3.05) is 0 Å². The van der Waals surface area contributed by atoms with E-state index in [4.69, 9.17) is 5.73 Å². The third-order valence-electron chi connectivity index (χ3n) is 5.26. The number of aromatic amines is 1. The maximum absolute atomic E-state index is 13.5. The predicted octanol–water partition coefficient (Wildman–Crippen LogP) is 1.92. The maximum atomic E-state index is 13.5. The highest BCUT2D eigenvalue weighted by atomic mass is 19.1. The molecule has 32 heavy (non-hydrogen) atoms. The van der Waals surface area contributed by atoms with Gasteiger partial charge in [0.1, 0.15) is 16.9 Å². The molecule has 10 heteroatoms. The zero-order valence-corrected chi connectivity index (χ0v) is 17.2. The molecule has 0 aliphatic carbocycles. The summed E-state index contributed by atoms with van der Waals surface area (Å²) in [5.41, 5.74) is 5.83. The average Bonchev–Trinajstić information content (AvgIpc) is 3.29. The van der Waals surface area contributed by atoms with Crippen LogP contribution in [0.25, 0.3) is 11.1 Å². The van der Waals surface area contributed by atoms with Crippen LogP contribution in [0.15, 0.2) is 54.7 Å². The number of hydrogen-bond acceptors (Lipinski definition) is 5. The fraction of sp³-hybridized carbons (Fsp3) is 0.227. The fourth-order valence-electron chi connectivity index (χ4n) is 3.32. The minimum absolute atomic E-state index is 0.0903. The lowest BCUT2D eigenvalue weighted by molar-refractivity contribution is -0.154. The van der Waals surface area contributed by atoms with Crippen LogP contribution in [-0.4, -0.2) is 44.3 Å². The van der Waals surface area contributed by atoms with Crippen molar-refractivity contribution in [1.29, 1.82) is 0 Å². The topological polar surface area (TPSA) is 151 Å². The lowest BCUT2D eigenvalue weighted by atomic mass is 9.81. The Bertz CT molecular complexity index is 1100. The Labute approximate surface area is 182 Å². The molecule has 166 valence electrons. The van der Waals surface area contributed by atoms with Crippen LogP contribution in [-0.2, 0) is 16.0 Å². The second-order valence-electron chi connectivity index (χ2n) is 7.66. The number of aromatic nitrogens is 3. The first kappa shape index (κ1) is 22.6. The number of nitrogens with two attached hydrogens (primary N) is 1. The monoisotopic (exact) mass is 439 g/mol. The van der Waals surface area contributed by atoms with Gasteiger partial charge >= 0.3 is 5.97 Å². The standard InChI is InChI=1S/C22H22FN5O4/c1-22(20(24)30,21(31)32)11-17(26-19(29)18-12-25-28-27-18)9-13-5-7-14(8-6-13)15-3-2-4-16(23)10-15/h2-8,10,12,17H,9,11H2,1H3,(H2,24,30)(H,26,29)(H,31,32)(H,25,27,28)/t17-,22+/m0/s1. The number of rotatable bonds is 9. The van der Waals surface area contributed by atoms with Gasteiger partial charge < -0.3 is 16.2 Å². The van der Waals surface area contributed by atoms with Crippen molar-refractivity contribution in [3.63, 3.8) is 0 Å². The number of primary amides is 1. The first-order chi connectivity index (χ1) is 15.2. The molecule has 0 unspecified atom stereocenters. The molecule has 2 amide bonds. The molecule has 0 radical (unpaired) electrons. The Hall–Kier alpha value is -4.08. The molecule has 0 saturated heterocycles. The summed E-state index contributed by atoms with van der Waals surface area (Å²) < 4.78 is 13.5. The molecular weight excluding hydrogens is 417 g/mol. The van der Waals surface area contributed by atoms with Crippen molar-refractivity contribution in [2.45, 2.75) is 25.8 Å². The number of nitrogens with zero attached hydrogens (tertiary/aromatic N) is 2. The highest BCUT2D eigenvalue weighted by molar-refractivity contribution is 6.00. The van der Waals surface area contributed by atoms with E-state index in [1.54, 1.807) is 36.4 Å². The summed E-state index contributed by atoms with van der Waals surface area (Å²) >= 11 is 0. The van der Waals surface area contributed by atoms with Gasteiger partial charge in [0.2, 0.25) is 5.91 Å². The predicted molar refractivity (Wildman–Crippen MR) is 113 cm³/mol. The molecule has 9 nitrogen and oxygen atoms in total. The van der Waals surface area contributed by atoms with Gasteiger partial charge in [0.05, 0.1) is 6.20 Å². The summed E-state index contributed by atoms with van der Waals surface area (Å²) in [6.45, 7) is 1.22. The Morgan fingerprint density at radius 3 is 2.47 bits per heavy atom. The van der Waals surface area contributed by atoms with E-state index >= 15 is 0 Å². The van der Waals surface area contributed by atoms with E-state index in [0.29, 0.717) is 5.56 Å². The van der Waals surface area contributed by atoms with Crippen LogP contribution < -0.4 is 11.1 Å². The number of aliphatic carboxylic acids is 1. The number of carboxylic acids is 1. The van der Waals surface area contributed by atoms with Gasteiger partial charge in [-0.3, -0.25) is 19.5 Å². The molecule has 0 spiro atoms. The number of carbonyl (C=O) groups is 3. The summed E-state index contributed by atoms with van der Waals surface area (Å²) in [5, 5.41) is 21.7. The van der Waals surface area contributed by atoms with Gasteiger partial charge in [-0.25, -0.2) is 4.39 Å². The normalized spacial score (nSPS) is 13.7. The first-order valence-electron chi connectivity index (χ1n) is 9.74. The average molecular weight is 439 g/mol. The lowest BCUT2D eigenvalue weighted by Gasteiger charge is -2.27. The van der Waals surface area contributed by atoms with E-state index < -0.39 is 29.2 Å². The SMILES string of the molecule is C[C@@](C[C@H](Cc1ccc(-c2cccc(F)c2)cc1)NC(=O)c1cnn[nH]1)(C(N)=O)C(=O)O. The Morgan fingerprint density at radius 2 is 1.91 bits per heavy atom. The lowest BCUT2D eigenvalue weighted by Crippen LogP contribution is -2.48. The number of hydrogen-bond donors (Lipinski definition) is 4. The van der Waals surface area contributed by atoms with Gasteiger partial charge in [0, 0.05) is 6.04 Å². The van der Waals surface area contributed by atoms with Gasteiger partial charge in [0.25, 0.3) is 5.91 Å². The van der Waals surface area contributed by atoms with Crippen LogP contribution >= 0.6 is 0 Å². The van der Waals surface area contributed by atoms with Gasteiger partial charge in [-0.1, -0.05) is 41.6 Å². The van der Waals surface area contributed by atoms with Crippen molar-refractivity contribution >= 4 is 17.8 Å². The zero-order chi connectivity index (χ0) is 23.3. The highest BCUT2D eigenvalue weighted by Crippen LogP contribution is 2.26. The van der Waals surface area contributed by atoms with Crippen LogP contribution in [0.1, 0.15) is 29.4 Å². The summed E-state index contributed by atoms with van der Waals surface area (Å²) in [6, 6.07) is 12.6. The molecule has 2 aromatic carbocycles. The van der Waals surface area contributed by atoms with Crippen molar-refractivity contribution in [2.24, 2.45) is 11.1 Å². The quantitative estimate of drug-likeness (QED) is 0.374. The van der Waals surface area contributed by atoms with E-state index in [-0.39, 0.29) is 24.4 Å². The molecule has 2 atom stereocenters. The minimum atomic E-state index is -1.88. The molecular formula is C22H22FN5O4. The van der Waals surface area contributed by atoms with E-state index in [0.717, 1.165) is 11.1 Å². The molecule has 3 aromatic rings. The molecule has 5 N–H and O–H groups in total. The molecule has 3 rings (SSSR count). The first-order valence-corrected chi connectivity index (χ1v) is 9.74. The number of benzene rings is 2. The highest BCUT2D eigenvalue weighted by Gasteiger charge is 2.42. The number of amides is 2. The van der Waals surface area contributed by atoms with Crippen LogP contribution in [0.4, 0.5) is 4.39 Å². The van der Waals surface area contributed by atoms with Gasteiger partial charge in [0.15, 0.2) is 0 Å². The van der Waals surface area contributed by atoms with E-state index in [9.17, 15) is 23.9 Å². The van der Waals surface area contributed by atoms with Crippen LogP contribution in [0.2, 0.25) is 0 Å². The minimum Gasteiger partial charge on any atom is -0.480 e. The molecule has 0 saturated carbocycles. The number of carbonyl (C=O) groups excluding carboxylic acids is 2. The smallest absolute Gasteiger partial charge is 0.318 e. The van der Waals surface area contributed by atoms with Crippen molar-refractivity contribution in [3.8, 4) is 11.1 Å². The molecule has 1 aromatic heterocycles. The van der Waals surface area contributed by atoms with E-state index in [1.807, 2.05) is 0 Å². The summed E-state index contributed by atoms with van der Waals surface area (Å²) in [4.78, 5) is 36.1. The number of halogens is 1. The maximum Gasteiger partial charge on any atom is 0.318 e. The second kappa shape index (κ2) is 9.38. The molecule has 0 fully saturated rings. The summed E-state index contributed by atoms with van der Waals surface area (Å²) in [5.74, 6) is -3.28. The third kappa shape index (κ3) is 5.15. The van der Waals surface area contributed by atoms with Crippen LogP contribution in [0.5, 0.6) is 0 Å². The number of carboxylic acid groups (broad SMARTS) is 1. The van der Waals surface area contributed by atoms with Crippen molar-refractivity contribution < 1.29 is 23.9 Å². The number of H-pyrrole nitrogens is 1. The third-order valence-corrected chi connectivity index (χ3v) is 5.26. The largest absolute Gasteiger partial charge is 0.480 e. The summed E-state index contributed by atoms with van der Waals surface area (Å²) in [7, 11) is 0. The van der Waals surface area contributed by atoms with Crippen LogP contribution in [0.3, 0.4) is 0 Å².